The molecule has 3 rings (SSSR count). The summed E-state index contributed by atoms with van der Waals surface area (Å²) in [6.07, 6.45) is -0.0584. The van der Waals surface area contributed by atoms with Crippen molar-refractivity contribution in [1.82, 2.24) is 4.90 Å². The number of aliphatic carboxylic acids is 1. The van der Waals surface area contributed by atoms with E-state index in [9.17, 15) is 23.9 Å². The maximum Gasteiger partial charge on any atom is 0.303 e. The number of benzene rings is 2. The molecule has 1 aliphatic heterocycles. The Kier molecular flexibility index (Phi) is 5.54. The zero-order chi connectivity index (χ0) is 20.3. The Hall–Kier alpha value is -3.48. The lowest BCUT2D eigenvalue weighted by Crippen LogP contribution is -2.31. The van der Waals surface area contributed by atoms with Gasteiger partial charge in [-0.2, -0.15) is 0 Å². The third-order valence-corrected chi connectivity index (χ3v) is 4.54. The van der Waals surface area contributed by atoms with Gasteiger partial charge in [0.05, 0.1) is 11.6 Å². The molecule has 0 aliphatic carbocycles. The number of carboxylic acid groups (broad SMARTS) is 1. The van der Waals surface area contributed by atoms with Crippen molar-refractivity contribution >= 4 is 23.4 Å². The van der Waals surface area contributed by atoms with Crippen LogP contribution in [-0.4, -0.2) is 39.3 Å². The molecule has 1 unspecified atom stereocenters. The number of likely N-dealkylation sites (tertiary alicyclic amines) is 1. The number of hydrogen-bond acceptors (Lipinski definition) is 4. The van der Waals surface area contributed by atoms with Crippen LogP contribution in [0.4, 0.5) is 4.39 Å². The molecule has 144 valence electrons. The van der Waals surface area contributed by atoms with E-state index in [1.165, 1.54) is 23.1 Å². The molecule has 2 N–H and O–H groups in total. The van der Waals surface area contributed by atoms with Crippen LogP contribution in [0.3, 0.4) is 0 Å². The van der Waals surface area contributed by atoms with Crippen LogP contribution in [0.25, 0.3) is 5.76 Å². The fraction of sp³-hybridized carbons (Fsp3) is 0.190. The van der Waals surface area contributed by atoms with E-state index >= 15 is 0 Å². The van der Waals surface area contributed by atoms with Gasteiger partial charge >= 0.3 is 5.97 Å². The van der Waals surface area contributed by atoms with Crippen molar-refractivity contribution in [3.8, 4) is 0 Å². The van der Waals surface area contributed by atoms with E-state index in [-0.39, 0.29) is 30.7 Å². The summed E-state index contributed by atoms with van der Waals surface area (Å²) in [6, 6.07) is 12.7. The average molecular weight is 383 g/mol. The van der Waals surface area contributed by atoms with E-state index in [0.29, 0.717) is 11.1 Å². The lowest BCUT2D eigenvalue weighted by Gasteiger charge is -2.25. The molecule has 0 aromatic heterocycles. The van der Waals surface area contributed by atoms with Crippen LogP contribution in [0.15, 0.2) is 60.2 Å². The first-order valence-corrected chi connectivity index (χ1v) is 8.71. The number of amides is 1. The van der Waals surface area contributed by atoms with Crippen molar-refractivity contribution < 1.29 is 29.0 Å². The molecule has 2 aromatic rings. The SMILES string of the molecule is O=C(O)CCCN1C(=O)C(=O)C(=C(O)c2ccccc2)C1c1cccc(F)c1. The number of halogens is 1. The molecule has 7 heteroatoms. The van der Waals surface area contributed by atoms with Gasteiger partial charge in [-0.15, -0.1) is 0 Å². The summed E-state index contributed by atoms with van der Waals surface area (Å²) in [4.78, 5) is 37.3. The summed E-state index contributed by atoms with van der Waals surface area (Å²) in [7, 11) is 0. The topological polar surface area (TPSA) is 94.9 Å². The molecule has 1 aliphatic rings. The molecule has 0 bridgehead atoms. The zero-order valence-electron chi connectivity index (χ0n) is 14.8. The van der Waals surface area contributed by atoms with E-state index in [1.54, 1.807) is 36.4 Å². The minimum absolute atomic E-state index is 0.0103. The predicted molar refractivity (Wildman–Crippen MR) is 98.7 cm³/mol. The highest BCUT2D eigenvalue weighted by Gasteiger charge is 2.45. The fourth-order valence-corrected chi connectivity index (χ4v) is 3.29. The standard InChI is InChI=1S/C21H18FNO5/c22-15-9-4-8-14(12-15)18-17(19(26)13-6-2-1-3-7-13)20(27)21(28)23(18)11-5-10-16(24)25/h1-4,6-9,12,18,26H,5,10-11H2,(H,24,25). The predicted octanol–water partition coefficient (Wildman–Crippen LogP) is 3.11. The number of Topliss-reactive ketones (excluding diaryl/α,β-unsaturated/α-hetero) is 1. The van der Waals surface area contributed by atoms with Gasteiger partial charge in [0.25, 0.3) is 11.7 Å². The number of nitrogens with zero attached hydrogens (tertiary/aromatic N) is 1. The van der Waals surface area contributed by atoms with E-state index in [1.807, 2.05) is 0 Å². The first kappa shape index (κ1) is 19.3. The third kappa shape index (κ3) is 3.78. The molecule has 1 fully saturated rings. The van der Waals surface area contributed by atoms with Crippen molar-refractivity contribution in [2.75, 3.05) is 6.54 Å². The number of aliphatic hydroxyl groups is 1. The Balaban J connectivity index is 2.10. The van der Waals surface area contributed by atoms with Crippen molar-refractivity contribution in [2.24, 2.45) is 0 Å². The molecule has 6 nitrogen and oxygen atoms in total. The van der Waals surface area contributed by atoms with Crippen LogP contribution >= 0.6 is 0 Å². The molecule has 0 spiro atoms. The molecule has 1 atom stereocenters. The maximum absolute atomic E-state index is 13.8. The van der Waals surface area contributed by atoms with Gasteiger partial charge in [-0.25, -0.2) is 4.39 Å². The fourth-order valence-electron chi connectivity index (χ4n) is 3.29. The van der Waals surface area contributed by atoms with Crippen molar-refractivity contribution in [1.29, 1.82) is 0 Å². The maximum atomic E-state index is 13.8. The summed E-state index contributed by atoms with van der Waals surface area (Å²) in [6.45, 7) is -0.0103. The summed E-state index contributed by atoms with van der Waals surface area (Å²) in [5.74, 6) is -3.66. The highest BCUT2D eigenvalue weighted by molar-refractivity contribution is 6.46. The van der Waals surface area contributed by atoms with Gasteiger partial charge in [0, 0.05) is 18.5 Å². The Morgan fingerprint density at radius 1 is 1.04 bits per heavy atom. The lowest BCUT2D eigenvalue weighted by atomic mass is 9.95. The van der Waals surface area contributed by atoms with Crippen LogP contribution in [0.2, 0.25) is 0 Å². The first-order valence-electron chi connectivity index (χ1n) is 8.71. The number of carbonyl (C=O) groups excluding carboxylic acids is 2. The summed E-state index contributed by atoms with van der Waals surface area (Å²) >= 11 is 0. The van der Waals surface area contributed by atoms with E-state index in [0.717, 1.165) is 0 Å². The highest BCUT2D eigenvalue weighted by Crippen LogP contribution is 2.39. The van der Waals surface area contributed by atoms with Gasteiger partial charge in [0.1, 0.15) is 11.6 Å². The molecular formula is C21H18FNO5. The van der Waals surface area contributed by atoms with Crippen molar-refractivity contribution in [2.45, 2.75) is 18.9 Å². The van der Waals surface area contributed by atoms with Crippen LogP contribution in [0.1, 0.15) is 30.0 Å². The number of ketones is 1. The molecule has 0 saturated carbocycles. The number of rotatable bonds is 6. The Bertz CT molecular complexity index is 954. The minimum atomic E-state index is -1.02. The number of carboxylic acids is 1. The van der Waals surface area contributed by atoms with Crippen LogP contribution in [-0.2, 0) is 14.4 Å². The molecule has 28 heavy (non-hydrogen) atoms. The average Bonchev–Trinajstić information content (AvgIpc) is 2.93. The minimum Gasteiger partial charge on any atom is -0.507 e. The lowest BCUT2D eigenvalue weighted by molar-refractivity contribution is -0.140. The van der Waals surface area contributed by atoms with Gasteiger partial charge in [0.15, 0.2) is 0 Å². The van der Waals surface area contributed by atoms with E-state index in [4.69, 9.17) is 5.11 Å². The zero-order valence-corrected chi connectivity index (χ0v) is 14.8. The summed E-state index contributed by atoms with van der Waals surface area (Å²) < 4.78 is 13.8. The molecule has 1 saturated heterocycles. The van der Waals surface area contributed by atoms with Crippen LogP contribution in [0, 0.1) is 5.82 Å². The first-order chi connectivity index (χ1) is 13.4. The van der Waals surface area contributed by atoms with Gasteiger partial charge in [-0.1, -0.05) is 42.5 Å². The number of hydrogen-bond donors (Lipinski definition) is 2. The second kappa shape index (κ2) is 8.04. The van der Waals surface area contributed by atoms with E-state index in [2.05, 4.69) is 0 Å². The van der Waals surface area contributed by atoms with Gasteiger partial charge in [0.2, 0.25) is 0 Å². The largest absolute Gasteiger partial charge is 0.507 e. The molecule has 0 radical (unpaired) electrons. The van der Waals surface area contributed by atoms with Gasteiger partial charge in [-0.05, 0) is 24.1 Å². The second-order valence-corrected chi connectivity index (χ2v) is 6.41. The summed E-state index contributed by atoms with van der Waals surface area (Å²) in [5.41, 5.74) is 0.538. The number of carbonyl (C=O) groups is 3. The van der Waals surface area contributed by atoms with Crippen LogP contribution < -0.4 is 0 Å². The smallest absolute Gasteiger partial charge is 0.303 e. The van der Waals surface area contributed by atoms with Crippen LogP contribution in [0.5, 0.6) is 0 Å². The molecular weight excluding hydrogens is 365 g/mol. The molecule has 1 heterocycles. The normalized spacial score (nSPS) is 18.5. The second-order valence-electron chi connectivity index (χ2n) is 6.41. The monoisotopic (exact) mass is 383 g/mol. The Labute approximate surface area is 160 Å². The Morgan fingerprint density at radius 2 is 1.75 bits per heavy atom. The summed E-state index contributed by atoms with van der Waals surface area (Å²) in [5, 5.41) is 19.6. The van der Waals surface area contributed by atoms with Gasteiger partial charge in [-0.3, -0.25) is 14.4 Å². The van der Waals surface area contributed by atoms with E-state index < -0.39 is 29.5 Å². The van der Waals surface area contributed by atoms with Crippen molar-refractivity contribution in [3.63, 3.8) is 0 Å². The quantitative estimate of drug-likeness (QED) is 0.454. The highest BCUT2D eigenvalue weighted by atomic mass is 19.1. The third-order valence-electron chi connectivity index (χ3n) is 4.54. The number of aliphatic hydroxyl groups excluding tert-OH is 1. The Morgan fingerprint density at radius 3 is 2.39 bits per heavy atom. The molecule has 2 aromatic carbocycles. The van der Waals surface area contributed by atoms with Gasteiger partial charge < -0.3 is 15.1 Å². The molecule has 1 amide bonds. The van der Waals surface area contributed by atoms with Crippen molar-refractivity contribution in [3.05, 3.63) is 77.1 Å².